The maximum absolute atomic E-state index is 11.6. The second-order valence-electron chi connectivity index (χ2n) is 4.10. The van der Waals surface area contributed by atoms with E-state index in [1.54, 1.807) is 0 Å². The third-order valence-electron chi connectivity index (χ3n) is 2.52. The van der Waals surface area contributed by atoms with E-state index in [2.05, 4.69) is 10.0 Å². The number of nitrogen functional groups attached to an aromatic ring is 1. The molecule has 10 heteroatoms. The number of hydrogen-bond donors (Lipinski definition) is 4. The third-order valence-corrected chi connectivity index (χ3v) is 4.79. The van der Waals surface area contributed by atoms with Gasteiger partial charge in [-0.1, -0.05) is 0 Å². The first-order chi connectivity index (χ1) is 9.15. The number of anilines is 2. The molecule has 0 aromatic heterocycles. The van der Waals surface area contributed by atoms with E-state index in [1.165, 1.54) is 25.2 Å². The van der Waals surface area contributed by atoms with Crippen LogP contribution in [0.25, 0.3) is 0 Å². The van der Waals surface area contributed by atoms with Gasteiger partial charge in [0.25, 0.3) is 0 Å². The molecule has 1 aromatic rings. The van der Waals surface area contributed by atoms with E-state index < -0.39 is 20.0 Å². The summed E-state index contributed by atoms with van der Waals surface area (Å²) in [5.74, 6) is -0.133. The minimum absolute atomic E-state index is 0.0626. The number of nitrogens with one attached hydrogen (secondary N) is 2. The van der Waals surface area contributed by atoms with E-state index in [9.17, 15) is 16.8 Å². The summed E-state index contributed by atoms with van der Waals surface area (Å²) in [4.78, 5) is 0.0626. The zero-order valence-electron chi connectivity index (χ0n) is 11.0. The van der Waals surface area contributed by atoms with Crippen LogP contribution in [0.5, 0.6) is 0 Å². The van der Waals surface area contributed by atoms with Gasteiger partial charge in [-0.15, -0.1) is 0 Å². The van der Waals surface area contributed by atoms with Gasteiger partial charge in [-0.3, -0.25) is 0 Å². The van der Waals surface area contributed by atoms with Crippen molar-refractivity contribution in [2.75, 3.05) is 30.4 Å². The Balaban J connectivity index is 2.70. The predicted molar refractivity (Wildman–Crippen MR) is 78.2 cm³/mol. The maximum atomic E-state index is 11.6. The second-order valence-corrected chi connectivity index (χ2v) is 7.72. The molecule has 0 heterocycles. The minimum atomic E-state index is -3.54. The molecule has 0 aliphatic heterocycles. The van der Waals surface area contributed by atoms with Crippen LogP contribution in [0.1, 0.15) is 6.42 Å². The van der Waals surface area contributed by atoms with Crippen LogP contribution in [0.2, 0.25) is 0 Å². The minimum Gasteiger partial charge on any atom is -0.397 e. The highest BCUT2D eigenvalue weighted by Gasteiger charge is 2.12. The molecule has 6 N–H and O–H groups in total. The second kappa shape index (κ2) is 6.39. The zero-order valence-corrected chi connectivity index (χ0v) is 12.6. The Morgan fingerprint density at radius 1 is 1.20 bits per heavy atom. The molecule has 0 saturated heterocycles. The summed E-state index contributed by atoms with van der Waals surface area (Å²) in [5, 5.41) is 7.80. The maximum Gasteiger partial charge on any atom is 0.240 e. The fourth-order valence-electron chi connectivity index (χ4n) is 1.48. The van der Waals surface area contributed by atoms with Gasteiger partial charge in [0, 0.05) is 6.54 Å². The van der Waals surface area contributed by atoms with Crippen molar-refractivity contribution in [2.45, 2.75) is 11.3 Å². The van der Waals surface area contributed by atoms with E-state index in [-0.39, 0.29) is 16.3 Å². The lowest BCUT2D eigenvalue weighted by molar-refractivity contribution is 0.588. The number of benzene rings is 1. The summed E-state index contributed by atoms with van der Waals surface area (Å²) in [6, 6.07) is 4.26. The Labute approximate surface area is 118 Å². The fourth-order valence-corrected chi connectivity index (χ4v) is 2.79. The summed E-state index contributed by atoms with van der Waals surface area (Å²) in [7, 11) is -5.70. The summed E-state index contributed by atoms with van der Waals surface area (Å²) in [6.45, 7) is 0.360. The van der Waals surface area contributed by atoms with Crippen LogP contribution >= 0.6 is 0 Å². The molecule has 0 spiro atoms. The first-order valence-electron chi connectivity index (χ1n) is 5.73. The number of hydrogen-bond acceptors (Lipinski definition) is 6. The van der Waals surface area contributed by atoms with Gasteiger partial charge in [-0.05, 0) is 31.7 Å². The Morgan fingerprint density at radius 3 is 2.35 bits per heavy atom. The molecule has 0 amide bonds. The Morgan fingerprint density at radius 2 is 1.85 bits per heavy atom. The third kappa shape index (κ3) is 4.96. The van der Waals surface area contributed by atoms with Crippen LogP contribution in [0.4, 0.5) is 11.4 Å². The van der Waals surface area contributed by atoms with E-state index >= 15 is 0 Å². The number of primary sulfonamides is 1. The molecule has 1 rings (SSSR count). The average molecular weight is 322 g/mol. The van der Waals surface area contributed by atoms with Crippen molar-refractivity contribution in [3.05, 3.63) is 18.2 Å². The SMILES string of the molecule is CNS(=O)(=O)c1ccc(NCCCS(N)(=O)=O)c(N)c1. The molecular formula is C10H18N4O4S2. The van der Waals surface area contributed by atoms with Crippen molar-refractivity contribution in [3.63, 3.8) is 0 Å². The quantitative estimate of drug-likeness (QED) is 0.384. The molecule has 0 saturated carbocycles. The number of nitrogens with two attached hydrogens (primary N) is 2. The highest BCUT2D eigenvalue weighted by Crippen LogP contribution is 2.22. The molecule has 0 fully saturated rings. The van der Waals surface area contributed by atoms with Gasteiger partial charge in [0.1, 0.15) is 0 Å². The number of sulfonamides is 2. The van der Waals surface area contributed by atoms with E-state index in [0.717, 1.165) is 0 Å². The largest absolute Gasteiger partial charge is 0.397 e. The summed E-state index contributed by atoms with van der Waals surface area (Å²) in [5.41, 5.74) is 6.54. The van der Waals surface area contributed by atoms with Crippen molar-refractivity contribution < 1.29 is 16.8 Å². The lowest BCUT2D eigenvalue weighted by Gasteiger charge is -2.10. The van der Waals surface area contributed by atoms with Crippen LogP contribution in [-0.2, 0) is 20.0 Å². The van der Waals surface area contributed by atoms with E-state index in [1.807, 2.05) is 0 Å². The van der Waals surface area contributed by atoms with E-state index in [0.29, 0.717) is 18.7 Å². The van der Waals surface area contributed by atoms with Gasteiger partial charge in [0.05, 0.1) is 22.0 Å². The molecular weight excluding hydrogens is 304 g/mol. The Hall–Kier alpha value is -1.36. The molecule has 0 atom stereocenters. The van der Waals surface area contributed by atoms with Gasteiger partial charge in [-0.2, -0.15) is 0 Å². The first-order valence-corrected chi connectivity index (χ1v) is 8.93. The fraction of sp³-hybridized carbons (Fsp3) is 0.400. The highest BCUT2D eigenvalue weighted by molar-refractivity contribution is 7.89. The number of rotatable bonds is 7. The van der Waals surface area contributed by atoms with Crippen LogP contribution in [0.3, 0.4) is 0 Å². The standard InChI is InChI=1S/C10H18N4O4S2/c1-13-20(17,18)8-3-4-10(9(11)7-8)14-5-2-6-19(12,15)16/h3-4,7,13-14H,2,5-6,11H2,1H3,(H2,12,15,16). The smallest absolute Gasteiger partial charge is 0.240 e. The van der Waals surface area contributed by atoms with Crippen LogP contribution < -0.4 is 20.9 Å². The van der Waals surface area contributed by atoms with Gasteiger partial charge < -0.3 is 11.1 Å². The van der Waals surface area contributed by atoms with Crippen LogP contribution in [-0.4, -0.2) is 36.2 Å². The lowest BCUT2D eigenvalue weighted by atomic mass is 10.2. The molecule has 0 aliphatic rings. The zero-order chi connectivity index (χ0) is 15.4. The molecule has 20 heavy (non-hydrogen) atoms. The molecule has 1 aromatic carbocycles. The van der Waals surface area contributed by atoms with E-state index in [4.69, 9.17) is 10.9 Å². The van der Waals surface area contributed by atoms with Gasteiger partial charge in [-0.25, -0.2) is 26.7 Å². The Bertz CT molecular complexity index is 670. The van der Waals surface area contributed by atoms with Crippen molar-refractivity contribution in [1.82, 2.24) is 4.72 Å². The van der Waals surface area contributed by atoms with Crippen LogP contribution in [0.15, 0.2) is 23.1 Å². The predicted octanol–water partition coefficient (Wildman–Crippen LogP) is -0.733. The van der Waals surface area contributed by atoms with Crippen molar-refractivity contribution in [3.8, 4) is 0 Å². The van der Waals surface area contributed by atoms with Gasteiger partial charge in [0.2, 0.25) is 20.0 Å². The Kier molecular flexibility index (Phi) is 5.34. The van der Waals surface area contributed by atoms with Crippen molar-refractivity contribution in [2.24, 2.45) is 5.14 Å². The van der Waals surface area contributed by atoms with Crippen LogP contribution in [0, 0.1) is 0 Å². The first kappa shape index (κ1) is 16.7. The molecule has 0 bridgehead atoms. The summed E-state index contributed by atoms with van der Waals surface area (Å²) >= 11 is 0. The molecule has 114 valence electrons. The van der Waals surface area contributed by atoms with Gasteiger partial charge >= 0.3 is 0 Å². The summed E-state index contributed by atoms with van der Waals surface area (Å²) < 4.78 is 46.8. The molecule has 8 nitrogen and oxygen atoms in total. The topological polar surface area (TPSA) is 144 Å². The van der Waals surface area contributed by atoms with Crippen molar-refractivity contribution >= 4 is 31.4 Å². The van der Waals surface area contributed by atoms with Crippen molar-refractivity contribution in [1.29, 1.82) is 0 Å². The summed E-state index contributed by atoms with van der Waals surface area (Å²) in [6.07, 6.45) is 0.328. The lowest BCUT2D eigenvalue weighted by Crippen LogP contribution is -2.19. The molecule has 0 radical (unpaired) electrons. The van der Waals surface area contributed by atoms with Gasteiger partial charge in [0.15, 0.2) is 0 Å². The molecule has 0 unspecified atom stereocenters. The highest BCUT2D eigenvalue weighted by atomic mass is 32.2. The molecule has 0 aliphatic carbocycles. The monoisotopic (exact) mass is 322 g/mol. The average Bonchev–Trinajstić information content (AvgIpc) is 2.34. The normalized spacial score (nSPS) is 12.3.